The first-order chi connectivity index (χ1) is 21.4. The van der Waals surface area contributed by atoms with E-state index in [1.54, 1.807) is 24.3 Å². The predicted molar refractivity (Wildman–Crippen MR) is 173 cm³/mol. The summed E-state index contributed by atoms with van der Waals surface area (Å²) in [6, 6.07) is 28.6. The van der Waals surface area contributed by atoms with Crippen LogP contribution in [0.4, 0.5) is 22.7 Å². The molecule has 0 bridgehead atoms. The highest BCUT2D eigenvalue weighted by Crippen LogP contribution is 2.36. The fourth-order valence-corrected chi connectivity index (χ4v) is 5.38. The van der Waals surface area contributed by atoms with Gasteiger partial charge in [0.2, 0.25) is 0 Å². The molecule has 0 fully saturated rings. The maximum Gasteiger partial charge on any atom is 0.125 e. The number of hydrogen-bond donors (Lipinski definition) is 4. The van der Waals surface area contributed by atoms with Gasteiger partial charge in [0.05, 0.1) is 34.2 Å². The zero-order valence-electron chi connectivity index (χ0n) is 23.4. The first kappa shape index (κ1) is 26.9. The summed E-state index contributed by atoms with van der Waals surface area (Å²) in [5.41, 5.74) is 8.07. The van der Waals surface area contributed by atoms with Crippen molar-refractivity contribution in [1.82, 2.24) is 0 Å². The van der Waals surface area contributed by atoms with Gasteiger partial charge >= 0.3 is 0 Å². The molecule has 2 heterocycles. The molecule has 0 spiro atoms. The summed E-state index contributed by atoms with van der Waals surface area (Å²) in [4.78, 5) is 18.1. The lowest BCUT2D eigenvalue weighted by atomic mass is 10.0. The number of nitrogens with zero attached hydrogens (tertiary/aromatic N) is 4. The summed E-state index contributed by atoms with van der Waals surface area (Å²) in [7, 11) is 0. The summed E-state index contributed by atoms with van der Waals surface area (Å²) in [5.74, 6) is -0.0401. The van der Waals surface area contributed by atoms with Crippen molar-refractivity contribution in [3.63, 3.8) is 0 Å². The Morgan fingerprint density at radius 1 is 0.500 bits per heavy atom. The molecule has 0 atom stereocenters. The fraction of sp³-hybridized carbons (Fsp3) is 0.0556. The van der Waals surface area contributed by atoms with Crippen LogP contribution < -0.4 is 0 Å². The largest absolute Gasteiger partial charge is 0.507 e. The van der Waals surface area contributed by atoms with Gasteiger partial charge in [0, 0.05) is 47.5 Å². The van der Waals surface area contributed by atoms with Crippen LogP contribution in [0.25, 0.3) is 0 Å². The third kappa shape index (κ3) is 5.20. The Morgan fingerprint density at radius 3 is 1.41 bits per heavy atom. The van der Waals surface area contributed by atoms with Crippen molar-refractivity contribution >= 4 is 46.6 Å². The lowest BCUT2D eigenvalue weighted by Crippen LogP contribution is -2.01. The van der Waals surface area contributed by atoms with E-state index in [1.807, 2.05) is 48.5 Å². The molecule has 0 aromatic heterocycles. The number of rotatable bonds is 6. The first-order valence-corrected chi connectivity index (χ1v) is 14.0. The molecular formula is C36H26N4O4. The maximum atomic E-state index is 10.7. The van der Waals surface area contributed by atoms with Crippen LogP contribution in [0.2, 0.25) is 0 Å². The molecule has 2 aliphatic rings. The minimum absolute atomic E-state index is 0.00720. The van der Waals surface area contributed by atoms with Crippen LogP contribution in [0.1, 0.15) is 33.4 Å². The average molecular weight is 579 g/mol. The molecule has 44 heavy (non-hydrogen) atoms. The summed E-state index contributed by atoms with van der Waals surface area (Å²) in [6.07, 6.45) is 4.10. The third-order valence-electron chi connectivity index (χ3n) is 7.66. The van der Waals surface area contributed by atoms with Crippen molar-refractivity contribution in [2.75, 3.05) is 0 Å². The van der Waals surface area contributed by atoms with Crippen LogP contribution in [0.15, 0.2) is 117 Å². The number of hydrogen-bond acceptors (Lipinski definition) is 8. The molecule has 4 N–H and O–H groups in total. The number of aromatic hydroxyl groups is 4. The van der Waals surface area contributed by atoms with E-state index in [4.69, 9.17) is 0 Å². The lowest BCUT2D eigenvalue weighted by molar-refractivity contribution is 0.458. The predicted octanol–water partition coefficient (Wildman–Crippen LogP) is 7.36. The minimum atomic E-state index is -0.0273. The van der Waals surface area contributed by atoms with Gasteiger partial charge in [0.15, 0.2) is 0 Å². The van der Waals surface area contributed by atoms with Gasteiger partial charge in [-0.2, -0.15) is 0 Å². The molecule has 8 nitrogen and oxygen atoms in total. The van der Waals surface area contributed by atoms with Crippen molar-refractivity contribution in [2.24, 2.45) is 20.0 Å². The highest BCUT2D eigenvalue weighted by molar-refractivity contribution is 6.10. The van der Waals surface area contributed by atoms with Crippen molar-refractivity contribution in [3.8, 4) is 23.0 Å². The zero-order chi connectivity index (χ0) is 30.2. The smallest absolute Gasteiger partial charge is 0.125 e. The van der Waals surface area contributed by atoms with E-state index in [9.17, 15) is 20.4 Å². The van der Waals surface area contributed by atoms with Crippen molar-refractivity contribution in [3.05, 3.63) is 130 Å². The Labute approximate surface area is 253 Å². The molecule has 214 valence electrons. The van der Waals surface area contributed by atoms with Gasteiger partial charge in [-0.05, 0) is 65.7 Å². The average Bonchev–Trinajstić information content (AvgIpc) is 3.66. The monoisotopic (exact) mass is 578 g/mol. The van der Waals surface area contributed by atoms with E-state index < -0.39 is 0 Å². The Kier molecular flexibility index (Phi) is 6.71. The van der Waals surface area contributed by atoms with Crippen molar-refractivity contribution < 1.29 is 20.4 Å². The van der Waals surface area contributed by atoms with E-state index in [2.05, 4.69) is 20.0 Å². The molecule has 5 aromatic carbocycles. The Bertz CT molecular complexity index is 1930. The second-order valence-electron chi connectivity index (χ2n) is 10.6. The highest BCUT2D eigenvalue weighted by Gasteiger charge is 2.21. The van der Waals surface area contributed by atoms with Crippen LogP contribution in [-0.2, 0) is 12.8 Å². The van der Waals surface area contributed by atoms with Crippen LogP contribution in [-0.4, -0.2) is 44.3 Å². The molecule has 5 aromatic rings. The van der Waals surface area contributed by atoms with E-state index in [1.165, 1.54) is 36.7 Å². The standard InChI is InChI=1S/C36H26N4O4/c41-33-17-27(31-12-21-6-1-3-10-29(21)39-31)35(43)14-23(33)19-37-25-8-5-9-26(16-25)38-20-24-15-36(44)28(18-34(24)42)32-13-22-7-2-4-11-30(22)40-32/h1-11,14-20,41-44H,12-13H2. The van der Waals surface area contributed by atoms with Crippen molar-refractivity contribution in [2.45, 2.75) is 12.8 Å². The number of phenolic OH excluding ortho intramolecular Hbond substituents is 4. The topological polar surface area (TPSA) is 130 Å². The molecule has 0 saturated heterocycles. The molecule has 0 unspecified atom stereocenters. The van der Waals surface area contributed by atoms with E-state index in [0.29, 0.717) is 57.9 Å². The summed E-state index contributed by atoms with van der Waals surface area (Å²) < 4.78 is 0. The first-order valence-electron chi connectivity index (χ1n) is 14.0. The van der Waals surface area contributed by atoms with Gasteiger partial charge in [-0.25, -0.2) is 0 Å². The number of aliphatic imine (C=N–C) groups is 4. The SMILES string of the molecule is Oc1cc(C2=Nc3ccccc3C2)c(O)cc1C=Nc1cccc(N=Cc2cc(O)c(C3=Nc4ccccc4C3)cc2O)c1. The second kappa shape index (κ2) is 11.0. The lowest BCUT2D eigenvalue weighted by Gasteiger charge is -2.08. The van der Waals surface area contributed by atoms with E-state index in [-0.39, 0.29) is 23.0 Å². The van der Waals surface area contributed by atoms with Gasteiger partial charge in [-0.3, -0.25) is 20.0 Å². The van der Waals surface area contributed by atoms with Gasteiger partial charge in [0.1, 0.15) is 23.0 Å². The number of para-hydroxylation sites is 2. The molecule has 0 radical (unpaired) electrons. The molecule has 0 amide bonds. The number of fused-ring (bicyclic) bond motifs is 2. The Hall–Kier alpha value is -6.02. The Balaban J connectivity index is 1.07. The van der Waals surface area contributed by atoms with Crippen LogP contribution >= 0.6 is 0 Å². The molecule has 0 saturated carbocycles. The summed E-state index contributed by atoms with van der Waals surface area (Å²) >= 11 is 0. The van der Waals surface area contributed by atoms with E-state index >= 15 is 0 Å². The molecule has 2 aliphatic heterocycles. The van der Waals surface area contributed by atoms with Crippen LogP contribution in [0.3, 0.4) is 0 Å². The third-order valence-corrected chi connectivity index (χ3v) is 7.66. The van der Waals surface area contributed by atoms with Gasteiger partial charge in [0.25, 0.3) is 0 Å². The molecule has 8 heteroatoms. The van der Waals surface area contributed by atoms with Crippen LogP contribution in [0.5, 0.6) is 23.0 Å². The summed E-state index contributed by atoms with van der Waals surface area (Å²) in [6.45, 7) is 0. The van der Waals surface area contributed by atoms with Crippen molar-refractivity contribution in [1.29, 1.82) is 0 Å². The maximum absolute atomic E-state index is 10.7. The molecular weight excluding hydrogens is 552 g/mol. The number of benzene rings is 5. The Morgan fingerprint density at radius 2 is 0.955 bits per heavy atom. The minimum Gasteiger partial charge on any atom is -0.507 e. The zero-order valence-corrected chi connectivity index (χ0v) is 23.4. The number of phenols is 4. The summed E-state index contributed by atoms with van der Waals surface area (Å²) in [5, 5.41) is 42.8. The van der Waals surface area contributed by atoms with Gasteiger partial charge in [-0.15, -0.1) is 0 Å². The molecule has 7 rings (SSSR count). The normalized spacial score (nSPS) is 13.7. The molecule has 0 aliphatic carbocycles. The van der Waals surface area contributed by atoms with Gasteiger partial charge < -0.3 is 20.4 Å². The van der Waals surface area contributed by atoms with Crippen LogP contribution in [0, 0.1) is 0 Å². The highest BCUT2D eigenvalue weighted by atomic mass is 16.3. The van der Waals surface area contributed by atoms with Gasteiger partial charge in [-0.1, -0.05) is 42.5 Å². The fourth-order valence-electron chi connectivity index (χ4n) is 5.38. The van der Waals surface area contributed by atoms with E-state index in [0.717, 1.165) is 22.5 Å². The quantitative estimate of drug-likeness (QED) is 0.124. The second-order valence-corrected chi connectivity index (χ2v) is 10.6.